The molecule has 0 radical (unpaired) electrons. The van der Waals surface area contributed by atoms with Crippen LogP contribution < -0.4 is 5.32 Å². The Labute approximate surface area is 145 Å². The van der Waals surface area contributed by atoms with E-state index < -0.39 is 9.84 Å². The maximum absolute atomic E-state index is 12.1. The molecule has 1 saturated heterocycles. The van der Waals surface area contributed by atoms with Crippen LogP contribution in [-0.4, -0.2) is 50.7 Å². The molecule has 24 heavy (non-hydrogen) atoms. The van der Waals surface area contributed by atoms with Gasteiger partial charge in [0.15, 0.2) is 9.84 Å². The summed E-state index contributed by atoms with van der Waals surface area (Å²) >= 11 is 0. The molecule has 0 unspecified atom stereocenters. The van der Waals surface area contributed by atoms with E-state index in [1.165, 1.54) is 19.3 Å². The van der Waals surface area contributed by atoms with Crippen LogP contribution in [0.15, 0.2) is 35.2 Å². The van der Waals surface area contributed by atoms with Crippen molar-refractivity contribution in [3.8, 4) is 0 Å². The Bertz CT molecular complexity index is 616. The number of piperidine rings is 1. The number of carbonyl (C=O) groups excluding carboxylic acids is 1. The maximum Gasteiger partial charge on any atom is 0.221 e. The fourth-order valence-electron chi connectivity index (χ4n) is 3.06. The molecule has 5 nitrogen and oxygen atoms in total. The SMILES string of the molecule is C[C@H]1CCCCN1CCCNC(=O)CCS(=O)(=O)c1ccccc1. The first-order valence-corrected chi connectivity index (χ1v) is 10.4. The summed E-state index contributed by atoms with van der Waals surface area (Å²) in [5.41, 5.74) is 0. The molecule has 0 spiro atoms. The van der Waals surface area contributed by atoms with Gasteiger partial charge in [-0.3, -0.25) is 4.79 Å². The van der Waals surface area contributed by atoms with Gasteiger partial charge in [-0.25, -0.2) is 8.42 Å². The van der Waals surface area contributed by atoms with Gasteiger partial charge in [-0.15, -0.1) is 0 Å². The number of likely N-dealkylation sites (tertiary alicyclic amines) is 1. The lowest BCUT2D eigenvalue weighted by atomic mass is 10.0. The predicted molar refractivity (Wildman–Crippen MR) is 95.6 cm³/mol. The van der Waals surface area contributed by atoms with Gasteiger partial charge in [0.25, 0.3) is 0 Å². The molecule has 1 amide bonds. The molecule has 134 valence electrons. The third-order valence-corrected chi connectivity index (χ3v) is 6.32. The number of rotatable bonds is 8. The standard InChI is InChI=1S/C18H28N2O3S/c1-16-8-5-6-13-20(16)14-7-12-19-18(21)11-15-24(22,23)17-9-3-2-4-10-17/h2-4,9-10,16H,5-8,11-15H2,1H3,(H,19,21)/t16-/m0/s1. The van der Waals surface area contributed by atoms with E-state index in [1.807, 2.05) is 0 Å². The molecular formula is C18H28N2O3S. The number of nitrogens with zero attached hydrogens (tertiary/aromatic N) is 1. The second-order valence-electron chi connectivity index (χ2n) is 6.47. The third-order valence-electron chi connectivity index (χ3n) is 4.59. The van der Waals surface area contributed by atoms with Gasteiger partial charge >= 0.3 is 0 Å². The number of benzene rings is 1. The van der Waals surface area contributed by atoms with Crippen molar-refractivity contribution in [2.75, 3.05) is 25.4 Å². The highest BCUT2D eigenvalue weighted by Crippen LogP contribution is 2.16. The zero-order valence-corrected chi connectivity index (χ0v) is 15.2. The first-order chi connectivity index (χ1) is 11.5. The van der Waals surface area contributed by atoms with E-state index in [2.05, 4.69) is 17.1 Å². The van der Waals surface area contributed by atoms with Crippen molar-refractivity contribution in [2.24, 2.45) is 0 Å². The van der Waals surface area contributed by atoms with E-state index in [4.69, 9.17) is 0 Å². The molecule has 1 aliphatic heterocycles. The van der Waals surface area contributed by atoms with Crippen LogP contribution in [0.1, 0.15) is 39.0 Å². The molecule has 1 atom stereocenters. The average Bonchev–Trinajstić information content (AvgIpc) is 2.59. The molecule has 0 aliphatic carbocycles. The van der Waals surface area contributed by atoms with Crippen molar-refractivity contribution in [1.29, 1.82) is 0 Å². The molecule has 1 N–H and O–H groups in total. The summed E-state index contributed by atoms with van der Waals surface area (Å²) in [4.78, 5) is 14.6. The quantitative estimate of drug-likeness (QED) is 0.729. The predicted octanol–water partition coefficient (Wildman–Crippen LogP) is 2.23. The number of hydrogen-bond donors (Lipinski definition) is 1. The summed E-state index contributed by atoms with van der Waals surface area (Å²) in [5.74, 6) is -0.340. The third kappa shape index (κ3) is 5.91. The highest BCUT2D eigenvalue weighted by atomic mass is 32.2. The molecule has 0 aromatic heterocycles. The number of carbonyl (C=O) groups is 1. The second kappa shape index (κ2) is 9.18. The summed E-state index contributed by atoms with van der Waals surface area (Å²) in [6.07, 6.45) is 4.74. The normalized spacial score (nSPS) is 19.1. The van der Waals surface area contributed by atoms with Crippen LogP contribution in [0, 0.1) is 0 Å². The van der Waals surface area contributed by atoms with Crippen LogP contribution in [0.3, 0.4) is 0 Å². The van der Waals surface area contributed by atoms with Crippen molar-refractivity contribution in [3.63, 3.8) is 0 Å². The zero-order chi connectivity index (χ0) is 17.4. The summed E-state index contributed by atoms with van der Waals surface area (Å²) < 4.78 is 24.2. The van der Waals surface area contributed by atoms with Gasteiger partial charge in [-0.2, -0.15) is 0 Å². The van der Waals surface area contributed by atoms with Crippen molar-refractivity contribution in [1.82, 2.24) is 10.2 Å². The van der Waals surface area contributed by atoms with Gasteiger partial charge in [0, 0.05) is 25.6 Å². The lowest BCUT2D eigenvalue weighted by molar-refractivity contribution is -0.120. The van der Waals surface area contributed by atoms with Crippen molar-refractivity contribution in [3.05, 3.63) is 30.3 Å². The Morgan fingerprint density at radius 2 is 2.00 bits per heavy atom. The van der Waals surface area contributed by atoms with E-state index in [0.29, 0.717) is 12.6 Å². The van der Waals surface area contributed by atoms with Crippen molar-refractivity contribution < 1.29 is 13.2 Å². The summed E-state index contributed by atoms with van der Waals surface area (Å²) in [6, 6.07) is 8.91. The highest BCUT2D eigenvalue weighted by Gasteiger charge is 2.18. The Hall–Kier alpha value is -1.40. The molecule has 1 aromatic rings. The fourth-order valence-corrected chi connectivity index (χ4v) is 4.32. The van der Waals surface area contributed by atoms with Gasteiger partial charge in [0.1, 0.15) is 0 Å². The Morgan fingerprint density at radius 3 is 2.71 bits per heavy atom. The molecule has 0 saturated carbocycles. The molecular weight excluding hydrogens is 324 g/mol. The lowest BCUT2D eigenvalue weighted by Gasteiger charge is -2.33. The van der Waals surface area contributed by atoms with E-state index >= 15 is 0 Å². The molecule has 0 bridgehead atoms. The number of nitrogens with one attached hydrogen (secondary N) is 1. The molecule has 2 rings (SSSR count). The Kier molecular flexibility index (Phi) is 7.24. The minimum atomic E-state index is -3.38. The van der Waals surface area contributed by atoms with Gasteiger partial charge in [0.05, 0.1) is 10.6 Å². The maximum atomic E-state index is 12.1. The molecule has 1 heterocycles. The fraction of sp³-hybridized carbons (Fsp3) is 0.611. The van der Waals surface area contributed by atoms with Crippen LogP contribution in [0.2, 0.25) is 0 Å². The summed E-state index contributed by atoms with van der Waals surface area (Å²) in [5, 5.41) is 2.83. The highest BCUT2D eigenvalue weighted by molar-refractivity contribution is 7.91. The van der Waals surface area contributed by atoms with Crippen LogP contribution >= 0.6 is 0 Å². The van der Waals surface area contributed by atoms with Gasteiger partial charge < -0.3 is 10.2 Å². The number of sulfone groups is 1. The average molecular weight is 353 g/mol. The van der Waals surface area contributed by atoms with E-state index in [9.17, 15) is 13.2 Å². The van der Waals surface area contributed by atoms with Crippen LogP contribution in [0.25, 0.3) is 0 Å². The molecule has 6 heteroatoms. The van der Waals surface area contributed by atoms with Crippen LogP contribution in [0.5, 0.6) is 0 Å². The van der Waals surface area contributed by atoms with Crippen molar-refractivity contribution >= 4 is 15.7 Å². The van der Waals surface area contributed by atoms with E-state index in [1.54, 1.807) is 30.3 Å². The second-order valence-corrected chi connectivity index (χ2v) is 8.58. The van der Waals surface area contributed by atoms with Crippen molar-refractivity contribution in [2.45, 2.75) is 50.0 Å². The smallest absolute Gasteiger partial charge is 0.221 e. The summed E-state index contributed by atoms with van der Waals surface area (Å²) in [6.45, 7) is 4.99. The van der Waals surface area contributed by atoms with E-state index in [-0.39, 0.29) is 23.0 Å². The minimum Gasteiger partial charge on any atom is -0.356 e. The van der Waals surface area contributed by atoms with Gasteiger partial charge in [-0.05, 0) is 44.9 Å². The zero-order valence-electron chi connectivity index (χ0n) is 14.4. The minimum absolute atomic E-state index is 0.0113. The Balaban J connectivity index is 1.65. The summed E-state index contributed by atoms with van der Waals surface area (Å²) in [7, 11) is -3.38. The Morgan fingerprint density at radius 1 is 1.25 bits per heavy atom. The van der Waals surface area contributed by atoms with E-state index in [0.717, 1.165) is 19.5 Å². The first-order valence-electron chi connectivity index (χ1n) is 8.77. The number of amides is 1. The molecule has 1 aromatic carbocycles. The van der Waals surface area contributed by atoms with Gasteiger partial charge in [-0.1, -0.05) is 24.6 Å². The topological polar surface area (TPSA) is 66.5 Å². The number of hydrogen-bond acceptors (Lipinski definition) is 4. The van der Waals surface area contributed by atoms with Crippen LogP contribution in [-0.2, 0) is 14.6 Å². The first kappa shape index (κ1) is 18.9. The molecule has 1 fully saturated rings. The largest absolute Gasteiger partial charge is 0.356 e. The van der Waals surface area contributed by atoms with Gasteiger partial charge in [0.2, 0.25) is 5.91 Å². The van der Waals surface area contributed by atoms with Crippen LogP contribution in [0.4, 0.5) is 0 Å². The lowest BCUT2D eigenvalue weighted by Crippen LogP contribution is -2.39. The monoisotopic (exact) mass is 352 g/mol. The molecule has 1 aliphatic rings.